The molecule has 21 heavy (non-hydrogen) atoms. The Morgan fingerprint density at radius 2 is 1.38 bits per heavy atom. The molecule has 0 bridgehead atoms. The summed E-state index contributed by atoms with van der Waals surface area (Å²) < 4.78 is 0. The van der Waals surface area contributed by atoms with E-state index in [0.29, 0.717) is 18.6 Å². The van der Waals surface area contributed by atoms with Crippen LogP contribution in [0, 0.1) is 0 Å². The minimum atomic E-state index is -0.692. The van der Waals surface area contributed by atoms with Crippen molar-refractivity contribution in [1.82, 2.24) is 0 Å². The molecular weight excluding hydrogens is 264 g/mol. The zero-order valence-corrected chi connectivity index (χ0v) is 13.6. The molecule has 0 amide bonds. The number of Topliss-reactive ketones (excluding diaryl/α,β-unsaturated/α-hetero) is 1. The van der Waals surface area contributed by atoms with Gasteiger partial charge >= 0.3 is 5.97 Å². The molecule has 3 heteroatoms. The summed E-state index contributed by atoms with van der Waals surface area (Å²) in [5, 5.41) is 8.50. The van der Waals surface area contributed by atoms with Crippen LogP contribution in [0.25, 0.3) is 0 Å². The number of carbonyl (C=O) groups is 2. The number of rotatable bonds is 15. The van der Waals surface area contributed by atoms with Crippen LogP contribution in [0.4, 0.5) is 0 Å². The molecule has 0 saturated carbocycles. The zero-order valence-electron chi connectivity index (χ0n) is 13.6. The van der Waals surface area contributed by atoms with E-state index in [2.05, 4.69) is 19.1 Å². The normalized spacial score (nSPS) is 11.1. The highest BCUT2D eigenvalue weighted by atomic mass is 16.4. The van der Waals surface area contributed by atoms with Gasteiger partial charge in [0.15, 0.2) is 0 Å². The number of ketones is 1. The highest BCUT2D eigenvalue weighted by Crippen LogP contribution is 2.08. The molecule has 122 valence electrons. The number of allylic oxidation sites excluding steroid dienone is 2. The quantitative estimate of drug-likeness (QED) is 0.330. The predicted molar refractivity (Wildman–Crippen MR) is 87.5 cm³/mol. The second-order valence-electron chi connectivity index (χ2n) is 5.71. The average Bonchev–Trinajstić information content (AvgIpc) is 2.44. The Balaban J connectivity index is 3.25. The van der Waals surface area contributed by atoms with Crippen LogP contribution in [-0.4, -0.2) is 16.9 Å². The van der Waals surface area contributed by atoms with Gasteiger partial charge in [-0.15, -0.1) is 0 Å². The summed E-state index contributed by atoms with van der Waals surface area (Å²) in [6.07, 6.45) is 16.6. The Hall–Kier alpha value is -1.12. The van der Waals surface area contributed by atoms with Gasteiger partial charge in [-0.05, 0) is 32.1 Å². The van der Waals surface area contributed by atoms with Gasteiger partial charge in [0.2, 0.25) is 0 Å². The Morgan fingerprint density at radius 1 is 0.762 bits per heavy atom. The summed E-state index contributed by atoms with van der Waals surface area (Å²) in [4.78, 5) is 21.8. The van der Waals surface area contributed by atoms with E-state index in [9.17, 15) is 9.59 Å². The predicted octanol–water partition coefficient (Wildman–Crippen LogP) is 5.29. The third kappa shape index (κ3) is 16.8. The smallest absolute Gasteiger partial charge is 0.303 e. The lowest BCUT2D eigenvalue weighted by Crippen LogP contribution is -1.96. The lowest BCUT2D eigenvalue weighted by Gasteiger charge is -1.99. The summed E-state index contributed by atoms with van der Waals surface area (Å²) >= 11 is 0. The number of hydrogen-bond donors (Lipinski definition) is 1. The van der Waals surface area contributed by atoms with E-state index in [0.717, 1.165) is 57.8 Å². The van der Waals surface area contributed by atoms with Crippen LogP contribution in [-0.2, 0) is 9.59 Å². The van der Waals surface area contributed by atoms with Crippen LogP contribution in [0.15, 0.2) is 12.2 Å². The maximum absolute atomic E-state index is 11.5. The molecule has 0 spiro atoms. The fraction of sp³-hybridized carbons (Fsp3) is 0.778. The van der Waals surface area contributed by atoms with Crippen molar-refractivity contribution in [1.29, 1.82) is 0 Å². The van der Waals surface area contributed by atoms with Crippen LogP contribution < -0.4 is 0 Å². The maximum atomic E-state index is 11.5. The zero-order chi connectivity index (χ0) is 15.8. The van der Waals surface area contributed by atoms with E-state index in [1.165, 1.54) is 12.8 Å². The van der Waals surface area contributed by atoms with E-state index in [1.807, 2.05) is 0 Å². The molecule has 0 aliphatic carbocycles. The van der Waals surface area contributed by atoms with Gasteiger partial charge in [0, 0.05) is 19.3 Å². The van der Waals surface area contributed by atoms with Gasteiger partial charge in [-0.3, -0.25) is 9.59 Å². The third-order valence-corrected chi connectivity index (χ3v) is 3.58. The first-order chi connectivity index (χ1) is 10.2. The van der Waals surface area contributed by atoms with Crippen molar-refractivity contribution in [3.63, 3.8) is 0 Å². The highest BCUT2D eigenvalue weighted by molar-refractivity contribution is 5.78. The van der Waals surface area contributed by atoms with Crippen LogP contribution in [0.5, 0.6) is 0 Å². The van der Waals surface area contributed by atoms with Crippen LogP contribution in [0.2, 0.25) is 0 Å². The standard InChI is InChI=1S/C18H32O3/c1-2-3-11-14-17(19)15-12-9-7-5-4-6-8-10-13-16-18(20)21/h7,9H,2-6,8,10-16H2,1H3,(H,20,21). The van der Waals surface area contributed by atoms with Gasteiger partial charge in [-0.1, -0.05) is 51.2 Å². The second kappa shape index (κ2) is 15.3. The number of carboxylic acids is 1. The largest absolute Gasteiger partial charge is 0.481 e. The van der Waals surface area contributed by atoms with Gasteiger partial charge in [-0.2, -0.15) is 0 Å². The Kier molecular flexibility index (Phi) is 14.5. The number of unbranched alkanes of at least 4 members (excludes halogenated alkanes) is 7. The van der Waals surface area contributed by atoms with E-state index < -0.39 is 5.97 Å². The molecule has 1 N–H and O–H groups in total. The molecule has 0 fully saturated rings. The van der Waals surface area contributed by atoms with E-state index >= 15 is 0 Å². The molecule has 0 saturated heterocycles. The second-order valence-corrected chi connectivity index (χ2v) is 5.71. The number of carbonyl (C=O) groups excluding carboxylic acids is 1. The monoisotopic (exact) mass is 296 g/mol. The fourth-order valence-electron chi connectivity index (χ4n) is 2.25. The Bertz CT molecular complexity index is 295. The third-order valence-electron chi connectivity index (χ3n) is 3.58. The van der Waals surface area contributed by atoms with Gasteiger partial charge in [0.25, 0.3) is 0 Å². The summed E-state index contributed by atoms with van der Waals surface area (Å²) in [7, 11) is 0. The molecule has 0 radical (unpaired) electrons. The van der Waals surface area contributed by atoms with Gasteiger partial charge in [0.05, 0.1) is 0 Å². The summed E-state index contributed by atoms with van der Waals surface area (Å²) in [5.41, 5.74) is 0. The molecule has 0 rings (SSSR count). The number of aliphatic carboxylic acids is 1. The minimum absolute atomic E-state index is 0.298. The molecular formula is C18H32O3. The fourth-order valence-corrected chi connectivity index (χ4v) is 2.25. The molecule has 0 aliphatic heterocycles. The first-order valence-electron chi connectivity index (χ1n) is 8.55. The first kappa shape index (κ1) is 19.9. The van der Waals surface area contributed by atoms with Crippen LogP contribution in [0.3, 0.4) is 0 Å². The molecule has 0 aromatic rings. The van der Waals surface area contributed by atoms with Crippen molar-refractivity contribution in [2.24, 2.45) is 0 Å². The molecule has 0 aliphatic rings. The topological polar surface area (TPSA) is 54.4 Å². The summed E-state index contributed by atoms with van der Waals surface area (Å²) in [6.45, 7) is 2.15. The van der Waals surface area contributed by atoms with Gasteiger partial charge in [-0.25, -0.2) is 0 Å². The molecule has 0 heterocycles. The summed E-state index contributed by atoms with van der Waals surface area (Å²) in [5.74, 6) is -0.297. The van der Waals surface area contributed by atoms with Crippen molar-refractivity contribution in [3.8, 4) is 0 Å². The van der Waals surface area contributed by atoms with E-state index in [-0.39, 0.29) is 0 Å². The summed E-state index contributed by atoms with van der Waals surface area (Å²) in [6, 6.07) is 0. The Labute approximate surface area is 129 Å². The number of hydrogen-bond acceptors (Lipinski definition) is 2. The average molecular weight is 296 g/mol. The van der Waals surface area contributed by atoms with Crippen LogP contribution in [0.1, 0.15) is 90.4 Å². The molecule has 0 unspecified atom stereocenters. The van der Waals surface area contributed by atoms with Crippen molar-refractivity contribution < 1.29 is 14.7 Å². The first-order valence-corrected chi connectivity index (χ1v) is 8.55. The van der Waals surface area contributed by atoms with Gasteiger partial charge < -0.3 is 5.11 Å². The van der Waals surface area contributed by atoms with Crippen molar-refractivity contribution in [3.05, 3.63) is 12.2 Å². The maximum Gasteiger partial charge on any atom is 0.303 e. The number of carboxylic acid groups (broad SMARTS) is 1. The van der Waals surface area contributed by atoms with Gasteiger partial charge in [0.1, 0.15) is 5.78 Å². The molecule has 3 nitrogen and oxygen atoms in total. The van der Waals surface area contributed by atoms with Crippen molar-refractivity contribution in [2.75, 3.05) is 0 Å². The SMILES string of the molecule is CCCCCC(=O)CCC=CCCCCCCCC(=O)O. The van der Waals surface area contributed by atoms with Crippen molar-refractivity contribution in [2.45, 2.75) is 90.4 Å². The highest BCUT2D eigenvalue weighted by Gasteiger charge is 1.99. The minimum Gasteiger partial charge on any atom is -0.481 e. The molecule has 0 aromatic carbocycles. The van der Waals surface area contributed by atoms with Crippen molar-refractivity contribution >= 4 is 11.8 Å². The molecule has 0 atom stereocenters. The molecule has 0 aromatic heterocycles. The Morgan fingerprint density at radius 3 is 2.10 bits per heavy atom. The van der Waals surface area contributed by atoms with E-state index in [1.54, 1.807) is 0 Å². The lowest BCUT2D eigenvalue weighted by molar-refractivity contribution is -0.137. The lowest BCUT2D eigenvalue weighted by atomic mass is 10.1. The van der Waals surface area contributed by atoms with E-state index in [4.69, 9.17) is 5.11 Å². The van der Waals surface area contributed by atoms with Crippen LogP contribution >= 0.6 is 0 Å².